The zero-order valence-corrected chi connectivity index (χ0v) is 4.48. The summed E-state index contributed by atoms with van der Waals surface area (Å²) in [5.41, 5.74) is 0. The van der Waals surface area contributed by atoms with E-state index in [1.54, 1.807) is 12.2 Å². The molecule has 0 aromatic carbocycles. The molecule has 0 fully saturated rings. The summed E-state index contributed by atoms with van der Waals surface area (Å²) >= 11 is 2.57. The standard InChI is InChI=1S/C4H4Se/c1-2-3-4-5/h2-3H,1H2. The van der Waals surface area contributed by atoms with Crippen LogP contribution in [0.15, 0.2) is 18.7 Å². The molecule has 0 saturated carbocycles. The van der Waals surface area contributed by atoms with E-state index in [-0.39, 0.29) is 0 Å². The zero-order chi connectivity index (χ0) is 4.12. The average Bonchev–Trinajstić information content (AvgIpc) is 1.41. The van der Waals surface area contributed by atoms with Crippen LogP contribution in [0.3, 0.4) is 0 Å². The average molecular weight is 131 g/mol. The van der Waals surface area contributed by atoms with Crippen molar-refractivity contribution in [2.45, 2.75) is 0 Å². The third kappa shape index (κ3) is 3.91. The molecule has 0 unspecified atom stereocenters. The molecule has 0 aliphatic carbocycles. The van der Waals surface area contributed by atoms with Gasteiger partial charge in [-0.25, -0.2) is 0 Å². The molecule has 0 rings (SSSR count). The van der Waals surface area contributed by atoms with Gasteiger partial charge in [-0.1, -0.05) is 0 Å². The minimum atomic E-state index is 1.66. The van der Waals surface area contributed by atoms with Crippen LogP contribution >= 0.6 is 0 Å². The molecule has 0 aliphatic heterocycles. The Hall–Kier alpha value is -0.0905. The van der Waals surface area contributed by atoms with E-state index in [0.717, 1.165) is 0 Å². The Morgan fingerprint density at radius 1 is 1.80 bits per heavy atom. The van der Waals surface area contributed by atoms with Crippen LogP contribution in [0.2, 0.25) is 0 Å². The summed E-state index contributed by atoms with van der Waals surface area (Å²) in [4.78, 5) is 0. The Balaban J connectivity index is 3.31. The van der Waals surface area contributed by atoms with E-state index in [1.165, 1.54) is 0 Å². The van der Waals surface area contributed by atoms with Crippen molar-refractivity contribution >= 4 is 20.2 Å². The fourth-order valence-corrected chi connectivity index (χ4v) is 0.250. The number of hydrogen-bond donors (Lipinski definition) is 0. The molecule has 5 heavy (non-hydrogen) atoms. The topological polar surface area (TPSA) is 0 Å². The Bertz CT molecular complexity index is 67.7. The van der Waals surface area contributed by atoms with Crippen LogP contribution in [-0.4, -0.2) is 20.2 Å². The molecule has 1 heteroatoms. The molecule has 0 aromatic heterocycles. The van der Waals surface area contributed by atoms with Gasteiger partial charge in [0.2, 0.25) is 0 Å². The molecule has 0 saturated heterocycles. The summed E-state index contributed by atoms with van der Waals surface area (Å²) < 4.78 is 2.65. The number of hydrogen-bond acceptors (Lipinski definition) is 0. The van der Waals surface area contributed by atoms with Gasteiger partial charge in [0.15, 0.2) is 0 Å². The molecule has 0 N–H and O–H groups in total. The number of allylic oxidation sites excluding steroid dienone is 2. The first kappa shape index (κ1) is 4.91. The Labute approximate surface area is 39.6 Å². The molecule has 0 radical (unpaired) electrons. The van der Waals surface area contributed by atoms with Crippen molar-refractivity contribution in [1.29, 1.82) is 0 Å². The van der Waals surface area contributed by atoms with Gasteiger partial charge in [0.25, 0.3) is 0 Å². The summed E-state index contributed by atoms with van der Waals surface area (Å²) in [7, 11) is 0. The van der Waals surface area contributed by atoms with Gasteiger partial charge < -0.3 is 0 Å². The minimum absolute atomic E-state index is 1.66. The monoisotopic (exact) mass is 132 g/mol. The number of rotatable bonds is 1. The Kier molecular flexibility index (Phi) is 3.84. The van der Waals surface area contributed by atoms with Crippen molar-refractivity contribution in [1.82, 2.24) is 0 Å². The molecular weight excluding hydrogens is 127 g/mol. The SMILES string of the molecule is C=CC=C=[Se]. The molecule has 0 aromatic rings. The maximum absolute atomic E-state index is 3.41. The molecule has 0 atom stereocenters. The maximum atomic E-state index is 3.41. The molecule has 0 nitrogen and oxygen atoms in total. The van der Waals surface area contributed by atoms with Gasteiger partial charge in [-0.2, -0.15) is 0 Å². The van der Waals surface area contributed by atoms with Gasteiger partial charge in [-0.15, -0.1) is 0 Å². The summed E-state index contributed by atoms with van der Waals surface area (Å²) in [6.07, 6.45) is 3.37. The normalized spacial score (nSPS) is 4.80. The fraction of sp³-hybridized carbons (Fsp3) is 0. The second kappa shape index (κ2) is 3.91. The third-order valence-electron chi connectivity index (χ3n) is 0.186. The molecule has 0 bridgehead atoms. The second-order valence-electron chi connectivity index (χ2n) is 0.520. The molecule has 0 spiro atoms. The van der Waals surface area contributed by atoms with E-state index in [0.29, 0.717) is 0 Å². The molecule has 0 amide bonds. The van der Waals surface area contributed by atoms with Crippen molar-refractivity contribution < 1.29 is 0 Å². The van der Waals surface area contributed by atoms with Crippen LogP contribution < -0.4 is 0 Å². The van der Waals surface area contributed by atoms with Crippen LogP contribution in [0.5, 0.6) is 0 Å². The van der Waals surface area contributed by atoms with Crippen LogP contribution in [0.25, 0.3) is 0 Å². The summed E-state index contributed by atoms with van der Waals surface area (Å²) in [5.74, 6) is 0. The van der Waals surface area contributed by atoms with Gasteiger partial charge in [-0.3, -0.25) is 0 Å². The van der Waals surface area contributed by atoms with Crippen molar-refractivity contribution in [2.24, 2.45) is 0 Å². The van der Waals surface area contributed by atoms with Crippen molar-refractivity contribution in [3.63, 3.8) is 0 Å². The second-order valence-corrected chi connectivity index (χ2v) is 1.01. The third-order valence-corrected chi connectivity index (χ3v) is 0.471. The van der Waals surface area contributed by atoms with Crippen molar-refractivity contribution in [3.8, 4) is 0 Å². The quantitative estimate of drug-likeness (QED) is 0.354. The van der Waals surface area contributed by atoms with E-state index in [9.17, 15) is 0 Å². The molecule has 26 valence electrons. The van der Waals surface area contributed by atoms with E-state index >= 15 is 0 Å². The van der Waals surface area contributed by atoms with Gasteiger partial charge in [-0.05, 0) is 0 Å². The molecule has 0 heterocycles. The zero-order valence-electron chi connectivity index (χ0n) is 2.77. The summed E-state index contributed by atoms with van der Waals surface area (Å²) in [5, 5.41) is 0. The fourth-order valence-electron chi connectivity index (χ4n) is 0.0481. The molecule has 0 aliphatic rings. The van der Waals surface area contributed by atoms with Gasteiger partial charge >= 0.3 is 38.9 Å². The van der Waals surface area contributed by atoms with Crippen LogP contribution in [0.1, 0.15) is 0 Å². The van der Waals surface area contributed by atoms with Gasteiger partial charge in [0.1, 0.15) is 0 Å². The van der Waals surface area contributed by atoms with E-state index < -0.39 is 0 Å². The first-order chi connectivity index (χ1) is 2.41. The van der Waals surface area contributed by atoms with Crippen molar-refractivity contribution in [3.05, 3.63) is 18.7 Å². The molecular formula is C4H4Se. The first-order valence-corrected chi connectivity index (χ1v) is 2.09. The first-order valence-electron chi connectivity index (χ1n) is 1.23. The van der Waals surface area contributed by atoms with Crippen LogP contribution in [0, 0.1) is 0 Å². The Morgan fingerprint density at radius 2 is 2.40 bits per heavy atom. The van der Waals surface area contributed by atoms with Gasteiger partial charge in [0.05, 0.1) is 0 Å². The van der Waals surface area contributed by atoms with Crippen LogP contribution in [-0.2, 0) is 0 Å². The predicted molar refractivity (Wildman–Crippen MR) is 25.5 cm³/mol. The van der Waals surface area contributed by atoms with Crippen molar-refractivity contribution in [2.75, 3.05) is 0 Å². The van der Waals surface area contributed by atoms with Crippen LogP contribution in [0.4, 0.5) is 0 Å². The summed E-state index contributed by atoms with van der Waals surface area (Å²) in [6, 6.07) is 0. The predicted octanol–water partition coefficient (Wildman–Crippen LogP) is 0.298. The van der Waals surface area contributed by atoms with Gasteiger partial charge in [0, 0.05) is 0 Å². The van der Waals surface area contributed by atoms with E-state index in [1.807, 2.05) is 0 Å². The van der Waals surface area contributed by atoms with E-state index in [2.05, 4.69) is 26.7 Å². The Morgan fingerprint density at radius 3 is 2.40 bits per heavy atom. The van der Waals surface area contributed by atoms with E-state index in [4.69, 9.17) is 0 Å². The summed E-state index contributed by atoms with van der Waals surface area (Å²) in [6.45, 7) is 3.41.